The molecule has 2 atom stereocenters. The Morgan fingerprint density at radius 2 is 2.17 bits per heavy atom. The van der Waals surface area contributed by atoms with Gasteiger partial charge in [0.05, 0.1) is 12.7 Å². The fourth-order valence-corrected chi connectivity index (χ4v) is 1.70. The van der Waals surface area contributed by atoms with Gasteiger partial charge in [-0.2, -0.15) is 0 Å². The molecule has 1 aliphatic carbocycles. The average molecular weight is 173 g/mol. The monoisotopic (exact) mass is 173 g/mol. The molecular formula is C9H19NO2. The number of hydrogen-bond donors (Lipinski definition) is 2. The Hall–Kier alpha value is -0.120. The predicted octanol–water partition coefficient (Wildman–Crippen LogP) is 0.526. The summed E-state index contributed by atoms with van der Waals surface area (Å²) in [7, 11) is 1.69. The lowest BCUT2D eigenvalue weighted by Gasteiger charge is -2.28. The highest BCUT2D eigenvalue weighted by atomic mass is 16.5. The van der Waals surface area contributed by atoms with Crippen molar-refractivity contribution in [2.75, 3.05) is 20.3 Å². The Balaban J connectivity index is 2.11. The van der Waals surface area contributed by atoms with Gasteiger partial charge in [-0.3, -0.25) is 0 Å². The molecule has 0 heterocycles. The van der Waals surface area contributed by atoms with E-state index in [0.29, 0.717) is 6.04 Å². The largest absolute Gasteiger partial charge is 0.392 e. The lowest BCUT2D eigenvalue weighted by atomic mass is 9.93. The van der Waals surface area contributed by atoms with E-state index >= 15 is 0 Å². The van der Waals surface area contributed by atoms with Crippen LogP contribution in [0.15, 0.2) is 0 Å². The van der Waals surface area contributed by atoms with Gasteiger partial charge in [-0.15, -0.1) is 0 Å². The topological polar surface area (TPSA) is 41.5 Å². The summed E-state index contributed by atoms with van der Waals surface area (Å²) >= 11 is 0. The number of aliphatic hydroxyl groups excluding tert-OH is 1. The second kappa shape index (κ2) is 5.51. The molecule has 0 aromatic heterocycles. The third-order valence-electron chi connectivity index (χ3n) is 2.44. The molecule has 0 aromatic rings. The van der Waals surface area contributed by atoms with E-state index in [4.69, 9.17) is 4.74 Å². The zero-order chi connectivity index (χ0) is 8.81. The van der Waals surface area contributed by atoms with Crippen molar-refractivity contribution < 1.29 is 9.84 Å². The Labute approximate surface area is 74.1 Å². The van der Waals surface area contributed by atoms with Crippen LogP contribution in [-0.2, 0) is 4.74 Å². The smallest absolute Gasteiger partial charge is 0.0693 e. The summed E-state index contributed by atoms with van der Waals surface area (Å²) in [5.41, 5.74) is 0. The van der Waals surface area contributed by atoms with Gasteiger partial charge in [-0.25, -0.2) is 0 Å². The van der Waals surface area contributed by atoms with Crippen LogP contribution >= 0.6 is 0 Å². The van der Waals surface area contributed by atoms with Crippen LogP contribution < -0.4 is 5.32 Å². The second-order valence-corrected chi connectivity index (χ2v) is 3.41. The first-order valence-corrected chi connectivity index (χ1v) is 4.75. The number of ether oxygens (including phenoxy) is 1. The summed E-state index contributed by atoms with van der Waals surface area (Å²) in [5, 5.41) is 12.9. The van der Waals surface area contributed by atoms with E-state index in [1.165, 1.54) is 12.8 Å². The van der Waals surface area contributed by atoms with E-state index in [0.717, 1.165) is 26.0 Å². The van der Waals surface area contributed by atoms with Crippen molar-refractivity contribution in [3.05, 3.63) is 0 Å². The first-order chi connectivity index (χ1) is 5.84. The van der Waals surface area contributed by atoms with Crippen molar-refractivity contribution in [2.24, 2.45) is 0 Å². The maximum atomic E-state index is 9.56. The maximum absolute atomic E-state index is 9.56. The van der Waals surface area contributed by atoms with Crippen molar-refractivity contribution in [3.63, 3.8) is 0 Å². The minimum Gasteiger partial charge on any atom is -0.392 e. The fraction of sp³-hybridized carbons (Fsp3) is 1.00. The zero-order valence-electron chi connectivity index (χ0n) is 7.75. The molecule has 0 radical (unpaired) electrons. The van der Waals surface area contributed by atoms with Gasteiger partial charge in [-0.1, -0.05) is 12.8 Å². The summed E-state index contributed by atoms with van der Waals surface area (Å²) in [6, 6.07) is 0.300. The third-order valence-corrected chi connectivity index (χ3v) is 2.44. The summed E-state index contributed by atoms with van der Waals surface area (Å²) in [5.74, 6) is 0. The molecule has 1 rings (SSSR count). The van der Waals surface area contributed by atoms with Crippen LogP contribution in [0, 0.1) is 0 Å². The van der Waals surface area contributed by atoms with Crippen LogP contribution in [0.2, 0.25) is 0 Å². The van der Waals surface area contributed by atoms with E-state index in [9.17, 15) is 5.11 Å². The highest BCUT2D eigenvalue weighted by Gasteiger charge is 2.21. The van der Waals surface area contributed by atoms with Crippen molar-refractivity contribution in [1.29, 1.82) is 0 Å². The minimum absolute atomic E-state index is 0.143. The van der Waals surface area contributed by atoms with Crippen LogP contribution in [0.1, 0.15) is 25.7 Å². The fourth-order valence-electron chi connectivity index (χ4n) is 1.70. The molecule has 0 amide bonds. The quantitative estimate of drug-likeness (QED) is 0.609. The van der Waals surface area contributed by atoms with Gasteiger partial charge in [0.2, 0.25) is 0 Å². The van der Waals surface area contributed by atoms with Crippen LogP contribution in [0.5, 0.6) is 0 Å². The first kappa shape index (κ1) is 9.96. The lowest BCUT2D eigenvalue weighted by Crippen LogP contribution is -2.43. The van der Waals surface area contributed by atoms with Gasteiger partial charge in [-0.05, 0) is 12.8 Å². The van der Waals surface area contributed by atoms with Crippen LogP contribution in [0.25, 0.3) is 0 Å². The highest BCUT2D eigenvalue weighted by molar-refractivity contribution is 4.79. The van der Waals surface area contributed by atoms with Crippen LogP contribution in [0.3, 0.4) is 0 Å². The Kier molecular flexibility index (Phi) is 4.58. The second-order valence-electron chi connectivity index (χ2n) is 3.41. The van der Waals surface area contributed by atoms with E-state index < -0.39 is 0 Å². The first-order valence-electron chi connectivity index (χ1n) is 4.75. The van der Waals surface area contributed by atoms with Gasteiger partial charge in [0.25, 0.3) is 0 Å². The molecule has 2 N–H and O–H groups in total. The molecule has 3 nitrogen and oxygen atoms in total. The number of hydrogen-bond acceptors (Lipinski definition) is 3. The van der Waals surface area contributed by atoms with Gasteiger partial charge in [0, 0.05) is 19.7 Å². The molecule has 1 aliphatic rings. The van der Waals surface area contributed by atoms with Crippen molar-refractivity contribution >= 4 is 0 Å². The average Bonchev–Trinajstić information content (AvgIpc) is 2.09. The van der Waals surface area contributed by atoms with Gasteiger partial charge in [0.15, 0.2) is 0 Å². The molecule has 0 spiro atoms. The highest BCUT2D eigenvalue weighted by Crippen LogP contribution is 2.17. The van der Waals surface area contributed by atoms with E-state index in [2.05, 4.69) is 5.32 Å². The third kappa shape index (κ3) is 3.09. The van der Waals surface area contributed by atoms with Gasteiger partial charge in [0.1, 0.15) is 0 Å². The number of nitrogens with one attached hydrogen (secondary N) is 1. The number of methoxy groups -OCH3 is 1. The Bertz CT molecular complexity index is 119. The summed E-state index contributed by atoms with van der Waals surface area (Å²) < 4.78 is 4.92. The number of aliphatic hydroxyl groups is 1. The molecule has 0 aliphatic heterocycles. The number of rotatable bonds is 4. The van der Waals surface area contributed by atoms with Crippen LogP contribution in [0.4, 0.5) is 0 Å². The molecule has 72 valence electrons. The predicted molar refractivity (Wildman–Crippen MR) is 48.1 cm³/mol. The van der Waals surface area contributed by atoms with Crippen LogP contribution in [-0.4, -0.2) is 37.5 Å². The zero-order valence-corrected chi connectivity index (χ0v) is 7.75. The molecule has 0 saturated heterocycles. The lowest BCUT2D eigenvalue weighted by molar-refractivity contribution is 0.0857. The van der Waals surface area contributed by atoms with Crippen molar-refractivity contribution in [3.8, 4) is 0 Å². The van der Waals surface area contributed by atoms with Crippen molar-refractivity contribution in [2.45, 2.75) is 37.8 Å². The molecule has 2 unspecified atom stereocenters. The molecule has 3 heteroatoms. The molecule has 1 fully saturated rings. The Morgan fingerprint density at radius 1 is 1.42 bits per heavy atom. The Morgan fingerprint density at radius 3 is 2.83 bits per heavy atom. The molecule has 12 heavy (non-hydrogen) atoms. The molecule has 0 aromatic carbocycles. The minimum atomic E-state index is -0.143. The van der Waals surface area contributed by atoms with E-state index in [-0.39, 0.29) is 6.10 Å². The molecular weight excluding hydrogens is 154 g/mol. The maximum Gasteiger partial charge on any atom is 0.0693 e. The van der Waals surface area contributed by atoms with E-state index in [1.54, 1.807) is 7.11 Å². The van der Waals surface area contributed by atoms with Gasteiger partial charge >= 0.3 is 0 Å². The summed E-state index contributed by atoms with van der Waals surface area (Å²) in [6.07, 6.45) is 4.32. The van der Waals surface area contributed by atoms with E-state index in [1.807, 2.05) is 0 Å². The SMILES string of the molecule is COCCNC1CCCCC1O. The normalized spacial score (nSPS) is 30.5. The molecule has 1 saturated carbocycles. The summed E-state index contributed by atoms with van der Waals surface area (Å²) in [6.45, 7) is 1.57. The standard InChI is InChI=1S/C9H19NO2/c1-12-7-6-10-8-4-2-3-5-9(8)11/h8-11H,2-7H2,1H3. The summed E-state index contributed by atoms with van der Waals surface area (Å²) in [4.78, 5) is 0. The van der Waals surface area contributed by atoms with Crippen molar-refractivity contribution in [1.82, 2.24) is 5.32 Å². The molecule has 0 bridgehead atoms. The van der Waals surface area contributed by atoms with Gasteiger partial charge < -0.3 is 15.2 Å².